The van der Waals surface area contributed by atoms with Crippen molar-refractivity contribution in [1.29, 1.82) is 0 Å². The molecule has 10 heterocycles. The molecule has 630 valence electrons. The summed E-state index contributed by atoms with van der Waals surface area (Å²) in [4.78, 5) is 9.21. The summed E-state index contributed by atoms with van der Waals surface area (Å²) >= 11 is 0. The number of furan rings is 4. The van der Waals surface area contributed by atoms with E-state index in [0.29, 0.717) is 22.9 Å². The van der Waals surface area contributed by atoms with Crippen molar-refractivity contribution in [2.45, 2.75) is 107 Å². The molecule has 0 amide bonds. The van der Waals surface area contributed by atoms with Crippen molar-refractivity contribution in [3.8, 4) is 45.0 Å². The minimum absolute atomic E-state index is 0.104. The van der Waals surface area contributed by atoms with E-state index in [4.69, 9.17) is 27.3 Å². The van der Waals surface area contributed by atoms with Crippen LogP contribution in [0.5, 0.6) is 0 Å². The lowest BCUT2D eigenvalue weighted by Gasteiger charge is -2.11. The summed E-state index contributed by atoms with van der Waals surface area (Å²) in [5.41, 5.74) is 23.6. The maximum atomic E-state index is 8.54. The predicted molar refractivity (Wildman–Crippen MR) is 537 cm³/mol. The Balaban J connectivity index is 0.000000109. The van der Waals surface area contributed by atoms with Crippen LogP contribution in [0.25, 0.3) is 219 Å². The third-order valence-corrected chi connectivity index (χ3v) is 26.6. The van der Waals surface area contributed by atoms with E-state index in [1.165, 1.54) is 61.4 Å². The Labute approximate surface area is 760 Å². The number of fused-ring (bicyclic) bond motifs is 24. The van der Waals surface area contributed by atoms with E-state index in [1.54, 1.807) is 6.07 Å². The fourth-order valence-corrected chi connectivity index (χ4v) is 19.9. The lowest BCUT2D eigenvalue weighted by atomic mass is 9.94. The molecule has 0 spiro atoms. The highest BCUT2D eigenvalue weighted by atomic mass is 16.3. The summed E-state index contributed by atoms with van der Waals surface area (Å²) in [6, 6.07) is 92.4. The first-order chi connectivity index (χ1) is 65.2. The Hall–Kier alpha value is -14.7. The Bertz CT molecular complexity index is 9100. The van der Waals surface area contributed by atoms with Gasteiger partial charge in [-0.1, -0.05) is 213 Å². The molecule has 0 radical (unpaired) electrons. The zero-order valence-electron chi connectivity index (χ0n) is 82.3. The van der Waals surface area contributed by atoms with Gasteiger partial charge in [-0.25, -0.2) is 28.2 Å². The van der Waals surface area contributed by atoms with Gasteiger partial charge < -0.3 is 17.7 Å². The fraction of sp³-hybridized carbons (Fsp3) is 0.176. The second kappa shape index (κ2) is 32.3. The number of hydrogen-bond acceptors (Lipinski definition) is 6. The van der Waals surface area contributed by atoms with E-state index in [1.807, 2.05) is 108 Å². The third kappa shape index (κ3) is 13.9. The van der Waals surface area contributed by atoms with Gasteiger partial charge in [-0.05, 0) is 219 Å². The SMILES string of the molecule is Cc1c(-c2c3ccc(C(C)C)cc3cc[n+]2C)ccc2c1oc1ncc3ccccc3c12.[2H]C(C)(C)c1ccc2c(-c3ccc4c(oc5ncc6ccccc6c54)c3C)[n+](C)ccc2c1.[2H]C([2H])([2H])C([2H])(C)c1ccc2c(-c3ccc4c(oc5ccc6ccccc6c54)c3C)[n+](C)ccc2c1.[2H]C([2H])(c1ccc2c(-c3ccc4c(oc5ccc6ccccc6c54)c3C)[n+](C)ccc2c1)C(C)C. The molecule has 0 fully saturated rings. The van der Waals surface area contributed by atoms with Gasteiger partial charge in [0.05, 0.1) is 54.6 Å². The molecule has 0 aliphatic carbocycles. The molecule has 0 aliphatic rings. The highest BCUT2D eigenvalue weighted by Crippen LogP contribution is 2.46. The van der Waals surface area contributed by atoms with Crippen molar-refractivity contribution < 1.29 is 45.5 Å². The molecule has 10 nitrogen and oxygen atoms in total. The number of aromatic nitrogens is 6. The molecule has 0 saturated heterocycles. The van der Waals surface area contributed by atoms with Crippen LogP contribution in [0.2, 0.25) is 0 Å². The summed E-state index contributed by atoms with van der Waals surface area (Å²) in [6.07, 6.45) is 10.7. The highest BCUT2D eigenvalue weighted by molar-refractivity contribution is 6.23. The average molecular weight is 1690 g/mol. The molecule has 1 atom stereocenters. The minimum Gasteiger partial charge on any atom is -0.456 e. The lowest BCUT2D eigenvalue weighted by Crippen LogP contribution is -2.30. The van der Waals surface area contributed by atoms with Crippen LogP contribution in [-0.2, 0) is 34.6 Å². The van der Waals surface area contributed by atoms with Gasteiger partial charge >= 0.3 is 0 Å². The Kier molecular flexibility index (Phi) is 18.4. The molecule has 10 aromatic heterocycles. The molecular formula is C119H104N6O4+4. The predicted octanol–water partition coefficient (Wildman–Crippen LogP) is 30.1. The summed E-state index contributed by atoms with van der Waals surface area (Å²) in [5.74, 6) is -1.92. The van der Waals surface area contributed by atoms with Crippen LogP contribution in [-0.4, -0.2) is 9.97 Å². The van der Waals surface area contributed by atoms with Gasteiger partial charge in [0.1, 0.15) is 61.7 Å². The average Bonchev–Trinajstić information content (AvgIpc) is 1.62. The van der Waals surface area contributed by atoms with Crippen LogP contribution in [0, 0.1) is 33.6 Å². The summed E-state index contributed by atoms with van der Waals surface area (Å²) in [7, 11) is 8.26. The minimum atomic E-state index is -2.42. The summed E-state index contributed by atoms with van der Waals surface area (Å²) in [6.45, 7) is 19.7. The van der Waals surface area contributed by atoms with E-state index in [-0.39, 0.29) is 5.92 Å². The topological polar surface area (TPSA) is 93.9 Å². The van der Waals surface area contributed by atoms with Gasteiger partial charge in [-0.3, -0.25) is 0 Å². The van der Waals surface area contributed by atoms with Crippen LogP contribution in [0.3, 0.4) is 0 Å². The first-order valence-electron chi connectivity index (χ1n) is 48.0. The van der Waals surface area contributed by atoms with E-state index >= 15 is 0 Å². The number of hydrogen-bond donors (Lipinski definition) is 0. The molecule has 24 rings (SSSR count). The molecule has 0 saturated carbocycles. The zero-order chi connectivity index (χ0) is 94.8. The maximum absolute atomic E-state index is 8.54. The molecular weight excluding hydrogens is 1580 g/mol. The summed E-state index contributed by atoms with van der Waals surface area (Å²) < 4.78 is 91.6. The highest BCUT2D eigenvalue weighted by Gasteiger charge is 2.29. The molecule has 24 aromatic rings. The molecule has 0 bridgehead atoms. The normalized spacial score (nSPS) is 13.6. The number of aryl methyl sites for hydroxylation is 8. The quantitative estimate of drug-likeness (QED) is 0.134. The van der Waals surface area contributed by atoms with Crippen molar-refractivity contribution in [2.75, 3.05) is 0 Å². The molecule has 10 heteroatoms. The van der Waals surface area contributed by atoms with Gasteiger partial charge in [0.15, 0.2) is 24.8 Å². The first-order valence-corrected chi connectivity index (χ1v) is 44.5. The Morgan fingerprint density at radius 1 is 0.302 bits per heavy atom. The van der Waals surface area contributed by atoms with Crippen molar-refractivity contribution in [1.82, 2.24) is 9.97 Å². The van der Waals surface area contributed by atoms with Gasteiger partial charge in [-0.15, -0.1) is 0 Å². The second-order valence-electron chi connectivity index (χ2n) is 35.7. The van der Waals surface area contributed by atoms with Gasteiger partial charge in [0.2, 0.25) is 34.2 Å². The molecule has 0 aliphatic heterocycles. The van der Waals surface area contributed by atoms with Gasteiger partial charge in [0.25, 0.3) is 0 Å². The number of nitrogens with zero attached hydrogens (tertiary/aromatic N) is 6. The summed E-state index contributed by atoms with van der Waals surface area (Å²) in [5, 5.41) is 27.1. The van der Waals surface area contributed by atoms with Gasteiger partial charge in [0, 0.05) is 112 Å². The van der Waals surface area contributed by atoms with Crippen LogP contribution in [0.4, 0.5) is 0 Å². The van der Waals surface area contributed by atoms with Crippen molar-refractivity contribution in [2.24, 2.45) is 34.1 Å². The van der Waals surface area contributed by atoms with Crippen LogP contribution < -0.4 is 18.3 Å². The number of pyridine rings is 6. The molecule has 1 unspecified atom stereocenters. The van der Waals surface area contributed by atoms with Crippen LogP contribution >= 0.6 is 0 Å². The van der Waals surface area contributed by atoms with Crippen LogP contribution in [0.15, 0.2) is 322 Å². The second-order valence-corrected chi connectivity index (χ2v) is 35.7. The van der Waals surface area contributed by atoms with Crippen LogP contribution in [0.1, 0.15) is 127 Å². The molecule has 0 N–H and O–H groups in total. The van der Waals surface area contributed by atoms with E-state index in [0.717, 1.165) is 192 Å². The number of rotatable bonds is 9. The van der Waals surface area contributed by atoms with Crippen molar-refractivity contribution >= 4 is 174 Å². The van der Waals surface area contributed by atoms with Crippen molar-refractivity contribution in [3.05, 3.63) is 349 Å². The monoisotopic (exact) mass is 1690 g/mol. The largest absolute Gasteiger partial charge is 0.456 e. The van der Waals surface area contributed by atoms with Crippen molar-refractivity contribution in [3.63, 3.8) is 0 Å². The lowest BCUT2D eigenvalue weighted by molar-refractivity contribution is -0.659. The van der Waals surface area contributed by atoms with Gasteiger partial charge in [-0.2, -0.15) is 0 Å². The van der Waals surface area contributed by atoms with E-state index in [9.17, 15) is 0 Å². The maximum Gasteiger partial charge on any atom is 0.227 e. The standard InChI is InChI=1S/C31H28NO.C30H26NO.2C29H25N2O/c1-19(2)17-21-9-11-26-23(18-21)15-16-32(4)30(26)24-12-13-27-29-25-8-6-5-7-22(25)10-14-28(29)33-31(27)20(24)3;1-18(2)21-9-11-25-22(17-21)15-16-31(4)29(25)23-12-13-26-28-24-8-6-5-7-20(24)10-14-27(28)32-30(26)19(23)3;2*1-17(2)19-9-10-24-20(15-19)13-14-31(4)27(24)22-11-12-25-26-23-8-6-5-7-21(23)16-30-29(26)32-28(25)18(22)3/h5-16,18-19H,17H2,1-4H3;5-18H,1-4H3;2*5-17H,1-4H3/q4*+1/i17D2;1D3,18D;17D;. The Morgan fingerprint density at radius 2 is 0.620 bits per heavy atom. The third-order valence-electron chi connectivity index (χ3n) is 26.6. The molecule has 14 aromatic carbocycles. The molecule has 129 heavy (non-hydrogen) atoms. The number of benzene rings is 14. The fourth-order valence-electron chi connectivity index (χ4n) is 19.9. The first kappa shape index (κ1) is 73.5. The van der Waals surface area contributed by atoms with E-state index in [2.05, 4.69) is 316 Å². The smallest absolute Gasteiger partial charge is 0.227 e. The zero-order valence-corrected chi connectivity index (χ0v) is 75.3. The Morgan fingerprint density at radius 3 is 0.992 bits per heavy atom. The van der Waals surface area contributed by atoms with E-state index < -0.39 is 25.0 Å².